The van der Waals surface area contributed by atoms with Crippen LogP contribution in [0.2, 0.25) is 5.02 Å². The van der Waals surface area contributed by atoms with Crippen molar-refractivity contribution < 1.29 is 4.79 Å². The van der Waals surface area contributed by atoms with Gasteiger partial charge in [0.25, 0.3) is 5.91 Å². The molecule has 0 heterocycles. The molecule has 0 fully saturated rings. The molecule has 0 bridgehead atoms. The average molecular weight is 240 g/mol. The van der Waals surface area contributed by atoms with Crippen molar-refractivity contribution in [1.82, 2.24) is 5.32 Å². The summed E-state index contributed by atoms with van der Waals surface area (Å²) in [4.78, 5) is 11.8. The van der Waals surface area contributed by atoms with E-state index in [0.717, 1.165) is 19.4 Å². The molecule has 3 heteroatoms. The van der Waals surface area contributed by atoms with Crippen LogP contribution in [0.1, 0.15) is 37.0 Å². The van der Waals surface area contributed by atoms with Gasteiger partial charge in [0.2, 0.25) is 0 Å². The number of rotatable bonds is 5. The van der Waals surface area contributed by atoms with Gasteiger partial charge in [-0.1, -0.05) is 44.4 Å². The molecule has 0 aromatic heterocycles. The maximum Gasteiger partial charge on any atom is 0.251 e. The van der Waals surface area contributed by atoms with E-state index >= 15 is 0 Å². The molecule has 1 aromatic rings. The summed E-state index contributed by atoms with van der Waals surface area (Å²) < 4.78 is 0. The lowest BCUT2D eigenvalue weighted by Crippen LogP contribution is -2.28. The van der Waals surface area contributed by atoms with Crippen LogP contribution in [0.5, 0.6) is 0 Å². The van der Waals surface area contributed by atoms with Gasteiger partial charge in [-0.3, -0.25) is 4.79 Å². The van der Waals surface area contributed by atoms with Gasteiger partial charge in [0.15, 0.2) is 0 Å². The quantitative estimate of drug-likeness (QED) is 0.837. The normalized spacial score (nSPS) is 10.5. The number of hydrogen-bond donors (Lipinski definition) is 1. The van der Waals surface area contributed by atoms with Gasteiger partial charge >= 0.3 is 0 Å². The molecular formula is C13H18ClNO. The smallest absolute Gasteiger partial charge is 0.251 e. The molecule has 88 valence electrons. The van der Waals surface area contributed by atoms with Gasteiger partial charge in [-0.05, 0) is 24.1 Å². The van der Waals surface area contributed by atoms with Gasteiger partial charge in [0, 0.05) is 17.1 Å². The highest BCUT2D eigenvalue weighted by molar-refractivity contribution is 6.30. The van der Waals surface area contributed by atoms with E-state index in [1.54, 1.807) is 24.3 Å². The summed E-state index contributed by atoms with van der Waals surface area (Å²) in [7, 11) is 0. The second kappa shape index (κ2) is 6.54. The standard InChI is InChI=1S/C13H18ClNO/c1-3-10(4-2)9-15-13(16)11-6-5-7-12(14)8-11/h5-8,10H,3-4,9H2,1-2H3,(H,15,16). The predicted molar refractivity (Wildman–Crippen MR) is 67.9 cm³/mol. The minimum atomic E-state index is -0.0469. The Bertz CT molecular complexity index is 348. The third kappa shape index (κ3) is 3.86. The second-order valence-corrected chi connectivity index (χ2v) is 4.34. The van der Waals surface area contributed by atoms with Gasteiger partial charge in [-0.15, -0.1) is 0 Å². The Hall–Kier alpha value is -1.02. The van der Waals surface area contributed by atoms with E-state index in [9.17, 15) is 4.79 Å². The minimum absolute atomic E-state index is 0.0469. The molecule has 0 spiro atoms. The number of halogens is 1. The summed E-state index contributed by atoms with van der Waals surface area (Å²) in [6.45, 7) is 5.01. The SMILES string of the molecule is CCC(CC)CNC(=O)c1cccc(Cl)c1. The van der Waals surface area contributed by atoms with Crippen LogP contribution in [0.3, 0.4) is 0 Å². The Morgan fingerprint density at radius 3 is 2.62 bits per heavy atom. The fraction of sp³-hybridized carbons (Fsp3) is 0.462. The molecule has 0 saturated carbocycles. The first-order valence-electron chi connectivity index (χ1n) is 5.71. The van der Waals surface area contributed by atoms with Crippen molar-refractivity contribution in [3.05, 3.63) is 34.9 Å². The van der Waals surface area contributed by atoms with Crippen LogP contribution in [0.25, 0.3) is 0 Å². The predicted octanol–water partition coefficient (Wildman–Crippen LogP) is 3.51. The van der Waals surface area contributed by atoms with Gasteiger partial charge in [-0.25, -0.2) is 0 Å². The number of benzene rings is 1. The van der Waals surface area contributed by atoms with E-state index in [4.69, 9.17) is 11.6 Å². The maximum atomic E-state index is 11.8. The van der Waals surface area contributed by atoms with Gasteiger partial charge in [0.05, 0.1) is 0 Å². The number of amides is 1. The van der Waals surface area contributed by atoms with E-state index < -0.39 is 0 Å². The first kappa shape index (κ1) is 13.0. The Kier molecular flexibility index (Phi) is 5.33. The van der Waals surface area contributed by atoms with Crippen LogP contribution in [0, 0.1) is 5.92 Å². The highest BCUT2D eigenvalue weighted by Crippen LogP contribution is 2.11. The van der Waals surface area contributed by atoms with Crippen molar-refractivity contribution in [3.8, 4) is 0 Å². The fourth-order valence-corrected chi connectivity index (χ4v) is 1.74. The molecule has 0 atom stereocenters. The molecular weight excluding hydrogens is 222 g/mol. The molecule has 2 nitrogen and oxygen atoms in total. The second-order valence-electron chi connectivity index (χ2n) is 3.90. The number of carbonyl (C=O) groups is 1. The molecule has 0 aliphatic heterocycles. The first-order chi connectivity index (χ1) is 7.67. The van der Waals surface area contributed by atoms with Gasteiger partial charge in [0.1, 0.15) is 0 Å². The van der Waals surface area contributed by atoms with Crippen LogP contribution >= 0.6 is 11.6 Å². The number of carbonyl (C=O) groups excluding carboxylic acids is 1. The third-order valence-corrected chi connectivity index (χ3v) is 3.03. The van der Waals surface area contributed by atoms with E-state index in [1.165, 1.54) is 0 Å². The van der Waals surface area contributed by atoms with E-state index in [1.807, 2.05) is 0 Å². The summed E-state index contributed by atoms with van der Waals surface area (Å²) >= 11 is 5.83. The number of hydrogen-bond acceptors (Lipinski definition) is 1. The molecule has 0 aliphatic carbocycles. The topological polar surface area (TPSA) is 29.1 Å². The minimum Gasteiger partial charge on any atom is -0.352 e. The largest absolute Gasteiger partial charge is 0.352 e. The van der Waals surface area contributed by atoms with Gasteiger partial charge < -0.3 is 5.32 Å². The summed E-state index contributed by atoms with van der Waals surface area (Å²) in [5.41, 5.74) is 0.624. The van der Waals surface area contributed by atoms with Crippen molar-refractivity contribution in [2.45, 2.75) is 26.7 Å². The van der Waals surface area contributed by atoms with Crippen molar-refractivity contribution in [1.29, 1.82) is 0 Å². The zero-order valence-electron chi connectivity index (χ0n) is 9.79. The van der Waals surface area contributed by atoms with Gasteiger partial charge in [-0.2, -0.15) is 0 Å². The highest BCUT2D eigenvalue weighted by Gasteiger charge is 2.08. The van der Waals surface area contributed by atoms with E-state index in [0.29, 0.717) is 16.5 Å². The zero-order chi connectivity index (χ0) is 12.0. The van der Waals surface area contributed by atoms with Crippen LogP contribution in [0.4, 0.5) is 0 Å². The van der Waals surface area contributed by atoms with Crippen LogP contribution in [-0.2, 0) is 0 Å². The Morgan fingerprint density at radius 1 is 1.38 bits per heavy atom. The molecule has 1 amide bonds. The Labute approximate surface area is 102 Å². The van der Waals surface area contributed by atoms with Crippen molar-refractivity contribution in [2.75, 3.05) is 6.54 Å². The van der Waals surface area contributed by atoms with E-state index in [-0.39, 0.29) is 5.91 Å². The number of nitrogens with one attached hydrogen (secondary N) is 1. The lowest BCUT2D eigenvalue weighted by atomic mass is 10.0. The molecule has 0 saturated heterocycles. The molecule has 0 unspecified atom stereocenters. The molecule has 1 N–H and O–H groups in total. The monoisotopic (exact) mass is 239 g/mol. The fourth-order valence-electron chi connectivity index (χ4n) is 1.55. The molecule has 1 rings (SSSR count). The highest BCUT2D eigenvalue weighted by atomic mass is 35.5. The van der Waals surface area contributed by atoms with Crippen LogP contribution in [0.15, 0.2) is 24.3 Å². The Morgan fingerprint density at radius 2 is 2.06 bits per heavy atom. The van der Waals surface area contributed by atoms with Crippen LogP contribution in [-0.4, -0.2) is 12.5 Å². The first-order valence-corrected chi connectivity index (χ1v) is 6.08. The summed E-state index contributed by atoms with van der Waals surface area (Å²) in [5, 5.41) is 3.52. The van der Waals surface area contributed by atoms with Crippen molar-refractivity contribution in [3.63, 3.8) is 0 Å². The summed E-state index contributed by atoms with van der Waals surface area (Å²) in [6.07, 6.45) is 2.18. The lowest BCUT2D eigenvalue weighted by molar-refractivity contribution is 0.0946. The molecule has 16 heavy (non-hydrogen) atoms. The summed E-state index contributed by atoms with van der Waals surface area (Å²) in [5.74, 6) is 0.512. The molecule has 0 aliphatic rings. The van der Waals surface area contributed by atoms with Crippen molar-refractivity contribution in [2.24, 2.45) is 5.92 Å². The molecule has 0 radical (unpaired) electrons. The third-order valence-electron chi connectivity index (χ3n) is 2.79. The summed E-state index contributed by atoms with van der Waals surface area (Å²) in [6, 6.07) is 7.01. The Balaban J connectivity index is 2.52. The van der Waals surface area contributed by atoms with E-state index in [2.05, 4.69) is 19.2 Å². The lowest BCUT2D eigenvalue weighted by Gasteiger charge is -2.13. The molecule has 1 aromatic carbocycles. The van der Waals surface area contributed by atoms with Crippen molar-refractivity contribution >= 4 is 17.5 Å². The average Bonchev–Trinajstić information content (AvgIpc) is 2.30. The zero-order valence-corrected chi connectivity index (χ0v) is 10.6. The maximum absolute atomic E-state index is 11.8. The van der Waals surface area contributed by atoms with Crippen LogP contribution < -0.4 is 5.32 Å².